The molecule has 2 aliphatic rings. The minimum atomic E-state index is -1.05. The molecule has 8 heteroatoms. The number of benzene rings is 3. The van der Waals surface area contributed by atoms with Gasteiger partial charge in [-0.1, -0.05) is 31.0 Å². The van der Waals surface area contributed by atoms with E-state index in [1.165, 1.54) is 29.2 Å². The number of rotatable bonds is 6. The highest BCUT2D eigenvalue weighted by atomic mass is 16.6. The molecular weight excluding hydrogens is 460 g/mol. The van der Waals surface area contributed by atoms with Crippen LogP contribution in [-0.4, -0.2) is 41.3 Å². The molecule has 8 nitrogen and oxygen atoms in total. The summed E-state index contributed by atoms with van der Waals surface area (Å²) in [5.41, 5.74) is 1.19. The maximum atomic E-state index is 14.1. The molecule has 0 bridgehead atoms. The van der Waals surface area contributed by atoms with Gasteiger partial charge in [0, 0.05) is 23.4 Å². The van der Waals surface area contributed by atoms with E-state index in [-0.39, 0.29) is 23.4 Å². The molecule has 5 rings (SSSR count). The number of aromatic hydroxyl groups is 2. The lowest BCUT2D eigenvalue weighted by Gasteiger charge is -2.32. The van der Waals surface area contributed by atoms with E-state index in [2.05, 4.69) is 5.32 Å². The molecule has 0 unspecified atom stereocenters. The number of anilines is 1. The second-order valence-electron chi connectivity index (χ2n) is 9.04. The molecule has 1 heterocycles. The number of amides is 2. The predicted molar refractivity (Wildman–Crippen MR) is 134 cm³/mol. The van der Waals surface area contributed by atoms with E-state index in [4.69, 9.17) is 9.47 Å². The van der Waals surface area contributed by atoms with Gasteiger partial charge in [-0.05, 0) is 60.9 Å². The van der Waals surface area contributed by atoms with Crippen molar-refractivity contribution in [1.82, 2.24) is 5.32 Å². The summed E-state index contributed by atoms with van der Waals surface area (Å²) in [6.07, 6.45) is 3.86. The lowest BCUT2D eigenvalue weighted by molar-refractivity contribution is -0.123. The number of ether oxygens (including phenoxy) is 2. The van der Waals surface area contributed by atoms with Crippen LogP contribution in [-0.2, 0) is 4.79 Å². The van der Waals surface area contributed by atoms with E-state index < -0.39 is 11.9 Å². The minimum Gasteiger partial charge on any atom is -0.508 e. The molecule has 3 N–H and O–H groups in total. The summed E-state index contributed by atoms with van der Waals surface area (Å²) in [6.45, 7) is 0.806. The van der Waals surface area contributed by atoms with Crippen molar-refractivity contribution in [2.45, 2.75) is 37.8 Å². The van der Waals surface area contributed by atoms with Gasteiger partial charge in [0.25, 0.3) is 5.91 Å². The fraction of sp³-hybridized carbons (Fsp3) is 0.286. The number of nitrogens with one attached hydrogen (secondary N) is 1. The number of phenolic OH excluding ortho intramolecular Hbond substituents is 2. The predicted octanol–water partition coefficient (Wildman–Crippen LogP) is 4.32. The lowest BCUT2D eigenvalue weighted by Crippen LogP contribution is -2.46. The molecular formula is C28H28N2O6. The van der Waals surface area contributed by atoms with Crippen LogP contribution in [0.5, 0.6) is 23.0 Å². The SMILES string of the molecule is O=C(NC1CCCC1)[C@@H](c1ccc(O)cc1)N(C(=O)c1ccc2c(c1)OCCO2)c1cccc(O)c1. The second kappa shape index (κ2) is 10.2. The highest BCUT2D eigenvalue weighted by Crippen LogP contribution is 2.36. The molecule has 1 fully saturated rings. The number of fused-ring (bicyclic) bond motifs is 1. The fourth-order valence-corrected chi connectivity index (χ4v) is 4.77. The number of nitrogens with zero attached hydrogens (tertiary/aromatic N) is 1. The summed E-state index contributed by atoms with van der Waals surface area (Å²) in [7, 11) is 0. The highest BCUT2D eigenvalue weighted by molar-refractivity contribution is 6.10. The Morgan fingerprint density at radius 2 is 1.58 bits per heavy atom. The van der Waals surface area contributed by atoms with Gasteiger partial charge in [-0.15, -0.1) is 0 Å². The molecule has 186 valence electrons. The summed E-state index contributed by atoms with van der Waals surface area (Å²) >= 11 is 0. The average molecular weight is 489 g/mol. The van der Waals surface area contributed by atoms with Crippen LogP contribution in [0.4, 0.5) is 5.69 Å². The third-order valence-corrected chi connectivity index (χ3v) is 6.53. The third-order valence-electron chi connectivity index (χ3n) is 6.53. The monoisotopic (exact) mass is 488 g/mol. The first-order valence-electron chi connectivity index (χ1n) is 12.1. The molecule has 0 spiro atoms. The van der Waals surface area contributed by atoms with Crippen molar-refractivity contribution in [3.8, 4) is 23.0 Å². The maximum Gasteiger partial charge on any atom is 0.259 e. The van der Waals surface area contributed by atoms with E-state index >= 15 is 0 Å². The first kappa shape index (κ1) is 23.5. The molecule has 0 radical (unpaired) electrons. The summed E-state index contributed by atoms with van der Waals surface area (Å²) < 4.78 is 11.3. The Morgan fingerprint density at radius 3 is 2.31 bits per heavy atom. The van der Waals surface area contributed by atoms with Gasteiger partial charge >= 0.3 is 0 Å². The molecule has 1 atom stereocenters. The Hall–Kier alpha value is -4.20. The Kier molecular flexibility index (Phi) is 6.66. The van der Waals surface area contributed by atoms with Crippen molar-refractivity contribution in [3.05, 3.63) is 77.9 Å². The Bertz CT molecular complexity index is 1250. The zero-order chi connectivity index (χ0) is 25.1. The van der Waals surface area contributed by atoms with E-state index in [0.29, 0.717) is 41.5 Å². The van der Waals surface area contributed by atoms with Gasteiger partial charge in [-0.3, -0.25) is 14.5 Å². The molecule has 1 aliphatic carbocycles. The smallest absolute Gasteiger partial charge is 0.259 e. The van der Waals surface area contributed by atoms with Crippen LogP contribution in [0.3, 0.4) is 0 Å². The molecule has 2 amide bonds. The van der Waals surface area contributed by atoms with Crippen molar-refractivity contribution in [2.24, 2.45) is 0 Å². The van der Waals surface area contributed by atoms with Crippen LogP contribution in [0.25, 0.3) is 0 Å². The van der Waals surface area contributed by atoms with E-state index in [0.717, 1.165) is 25.7 Å². The Morgan fingerprint density at radius 1 is 0.861 bits per heavy atom. The zero-order valence-corrected chi connectivity index (χ0v) is 19.7. The molecule has 0 saturated heterocycles. The van der Waals surface area contributed by atoms with Crippen LogP contribution >= 0.6 is 0 Å². The molecule has 3 aromatic carbocycles. The molecule has 36 heavy (non-hydrogen) atoms. The van der Waals surface area contributed by atoms with Crippen molar-refractivity contribution in [1.29, 1.82) is 0 Å². The van der Waals surface area contributed by atoms with E-state index in [1.54, 1.807) is 42.5 Å². The van der Waals surface area contributed by atoms with Gasteiger partial charge in [-0.25, -0.2) is 0 Å². The van der Waals surface area contributed by atoms with Crippen molar-refractivity contribution in [3.63, 3.8) is 0 Å². The van der Waals surface area contributed by atoms with Gasteiger partial charge in [0.2, 0.25) is 5.91 Å². The molecule has 1 saturated carbocycles. The number of hydrogen-bond donors (Lipinski definition) is 3. The topological polar surface area (TPSA) is 108 Å². The standard InChI is InChI=1S/C28H28N2O6/c31-22-11-8-18(9-12-22)26(27(33)29-20-4-1-2-5-20)30(21-6-3-7-23(32)17-21)28(34)19-10-13-24-25(16-19)36-15-14-35-24/h3,6-13,16-17,20,26,31-32H,1-2,4-5,14-15H2,(H,29,33)/t26-/m1/s1. The van der Waals surface area contributed by atoms with Gasteiger partial charge in [0.1, 0.15) is 30.8 Å². The lowest BCUT2D eigenvalue weighted by atomic mass is 10.0. The van der Waals surface area contributed by atoms with Gasteiger partial charge in [0.05, 0.1) is 0 Å². The highest BCUT2D eigenvalue weighted by Gasteiger charge is 2.35. The van der Waals surface area contributed by atoms with Gasteiger partial charge in [0.15, 0.2) is 11.5 Å². The van der Waals surface area contributed by atoms with Crippen LogP contribution in [0.1, 0.15) is 47.6 Å². The number of carbonyl (C=O) groups excluding carboxylic acids is 2. The summed E-state index contributed by atoms with van der Waals surface area (Å²) in [5, 5.41) is 23.2. The maximum absolute atomic E-state index is 14.1. The summed E-state index contributed by atoms with van der Waals surface area (Å²) in [4.78, 5) is 29.2. The second-order valence-corrected chi connectivity index (χ2v) is 9.04. The largest absolute Gasteiger partial charge is 0.508 e. The number of carbonyl (C=O) groups is 2. The number of phenols is 2. The molecule has 3 aromatic rings. The Labute approximate surface area is 209 Å². The first-order valence-corrected chi connectivity index (χ1v) is 12.1. The average Bonchev–Trinajstić information content (AvgIpc) is 3.40. The van der Waals surface area contributed by atoms with Crippen molar-refractivity contribution < 1.29 is 29.3 Å². The number of hydrogen-bond acceptors (Lipinski definition) is 6. The van der Waals surface area contributed by atoms with Crippen molar-refractivity contribution in [2.75, 3.05) is 18.1 Å². The van der Waals surface area contributed by atoms with Gasteiger partial charge < -0.3 is 25.0 Å². The van der Waals surface area contributed by atoms with E-state index in [1.807, 2.05) is 0 Å². The van der Waals surface area contributed by atoms with Gasteiger partial charge in [-0.2, -0.15) is 0 Å². The summed E-state index contributed by atoms with van der Waals surface area (Å²) in [6, 6.07) is 16.4. The first-order chi connectivity index (χ1) is 17.5. The minimum absolute atomic E-state index is 0.0341. The zero-order valence-electron chi connectivity index (χ0n) is 19.7. The fourth-order valence-electron chi connectivity index (χ4n) is 4.77. The van der Waals surface area contributed by atoms with E-state index in [9.17, 15) is 19.8 Å². The third kappa shape index (κ3) is 4.93. The molecule has 1 aliphatic heterocycles. The van der Waals surface area contributed by atoms with Crippen LogP contribution in [0.15, 0.2) is 66.7 Å². The van der Waals surface area contributed by atoms with Crippen LogP contribution in [0, 0.1) is 0 Å². The van der Waals surface area contributed by atoms with Crippen LogP contribution < -0.4 is 19.7 Å². The van der Waals surface area contributed by atoms with Crippen molar-refractivity contribution >= 4 is 17.5 Å². The molecule has 0 aromatic heterocycles. The quantitative estimate of drug-likeness (QED) is 0.477. The Balaban J connectivity index is 1.60. The summed E-state index contributed by atoms with van der Waals surface area (Å²) in [5.74, 6) is 0.248. The normalized spacial score (nSPS) is 15.8. The van der Waals surface area contributed by atoms with Crippen LogP contribution in [0.2, 0.25) is 0 Å².